The molecule has 0 unspecified atom stereocenters. The van der Waals surface area contributed by atoms with E-state index in [1.165, 1.54) is 25.7 Å². The van der Waals surface area contributed by atoms with Gasteiger partial charge in [-0.15, -0.1) is 0 Å². The Morgan fingerprint density at radius 1 is 1.33 bits per heavy atom. The standard InChI is InChI=1S/C13H21BrN4/c1-2-7-15-13-17-9-11(14)12(18-13)16-8-10-5-3-4-6-10/h9-10H,2-8H2,1H3,(H2,15,16,17,18). The van der Waals surface area contributed by atoms with E-state index >= 15 is 0 Å². The van der Waals surface area contributed by atoms with Crippen LogP contribution in [0.25, 0.3) is 0 Å². The third kappa shape index (κ3) is 3.83. The lowest BCUT2D eigenvalue weighted by molar-refractivity contribution is 0.578. The van der Waals surface area contributed by atoms with E-state index in [9.17, 15) is 0 Å². The van der Waals surface area contributed by atoms with Gasteiger partial charge in [0.05, 0.1) is 4.47 Å². The van der Waals surface area contributed by atoms with Gasteiger partial charge in [0.1, 0.15) is 5.82 Å². The Balaban J connectivity index is 1.92. The van der Waals surface area contributed by atoms with E-state index < -0.39 is 0 Å². The van der Waals surface area contributed by atoms with Crippen molar-refractivity contribution in [2.45, 2.75) is 39.0 Å². The fourth-order valence-corrected chi connectivity index (χ4v) is 2.60. The lowest BCUT2D eigenvalue weighted by Gasteiger charge is -2.13. The van der Waals surface area contributed by atoms with Crippen LogP contribution in [0.4, 0.5) is 11.8 Å². The minimum Gasteiger partial charge on any atom is -0.369 e. The van der Waals surface area contributed by atoms with Crippen LogP contribution in [-0.4, -0.2) is 23.1 Å². The maximum Gasteiger partial charge on any atom is 0.224 e. The summed E-state index contributed by atoms with van der Waals surface area (Å²) in [5.74, 6) is 2.41. The molecule has 5 heteroatoms. The van der Waals surface area contributed by atoms with Crippen molar-refractivity contribution in [3.63, 3.8) is 0 Å². The summed E-state index contributed by atoms with van der Waals surface area (Å²) < 4.78 is 0.933. The van der Waals surface area contributed by atoms with E-state index in [2.05, 4.69) is 43.5 Å². The van der Waals surface area contributed by atoms with Gasteiger partial charge in [0, 0.05) is 19.3 Å². The number of hydrogen-bond donors (Lipinski definition) is 2. The van der Waals surface area contributed by atoms with Crippen molar-refractivity contribution < 1.29 is 0 Å². The van der Waals surface area contributed by atoms with Crippen molar-refractivity contribution in [1.29, 1.82) is 0 Å². The quantitative estimate of drug-likeness (QED) is 0.841. The number of rotatable bonds is 6. The van der Waals surface area contributed by atoms with Crippen molar-refractivity contribution in [2.75, 3.05) is 23.7 Å². The fraction of sp³-hybridized carbons (Fsp3) is 0.692. The van der Waals surface area contributed by atoms with Crippen LogP contribution in [0.5, 0.6) is 0 Å². The summed E-state index contributed by atoms with van der Waals surface area (Å²) in [5.41, 5.74) is 0. The van der Waals surface area contributed by atoms with Crippen molar-refractivity contribution in [2.24, 2.45) is 5.92 Å². The van der Waals surface area contributed by atoms with Gasteiger partial charge in [-0.2, -0.15) is 4.98 Å². The molecule has 1 aromatic heterocycles. The average Bonchev–Trinajstić information content (AvgIpc) is 2.89. The molecule has 0 amide bonds. The van der Waals surface area contributed by atoms with E-state index in [0.717, 1.165) is 35.7 Å². The highest BCUT2D eigenvalue weighted by Crippen LogP contribution is 2.26. The molecule has 1 heterocycles. The highest BCUT2D eigenvalue weighted by molar-refractivity contribution is 9.10. The zero-order valence-electron chi connectivity index (χ0n) is 10.9. The van der Waals surface area contributed by atoms with Crippen LogP contribution in [-0.2, 0) is 0 Å². The molecule has 0 aliphatic heterocycles. The topological polar surface area (TPSA) is 49.8 Å². The molecule has 0 atom stereocenters. The largest absolute Gasteiger partial charge is 0.369 e. The van der Waals surface area contributed by atoms with Crippen molar-refractivity contribution in [1.82, 2.24) is 9.97 Å². The molecule has 1 aliphatic carbocycles. The zero-order valence-corrected chi connectivity index (χ0v) is 12.5. The maximum atomic E-state index is 4.49. The van der Waals surface area contributed by atoms with Crippen LogP contribution in [0, 0.1) is 5.92 Å². The van der Waals surface area contributed by atoms with Gasteiger partial charge >= 0.3 is 0 Å². The Morgan fingerprint density at radius 3 is 2.83 bits per heavy atom. The molecule has 0 aromatic carbocycles. The highest BCUT2D eigenvalue weighted by atomic mass is 79.9. The Bertz CT molecular complexity index is 377. The Labute approximate surface area is 117 Å². The van der Waals surface area contributed by atoms with E-state index in [1.807, 2.05) is 6.20 Å². The highest BCUT2D eigenvalue weighted by Gasteiger charge is 2.15. The predicted molar refractivity (Wildman–Crippen MR) is 79.0 cm³/mol. The van der Waals surface area contributed by atoms with Crippen molar-refractivity contribution >= 4 is 27.7 Å². The molecule has 1 fully saturated rings. The van der Waals surface area contributed by atoms with Crippen LogP contribution < -0.4 is 10.6 Å². The zero-order chi connectivity index (χ0) is 12.8. The van der Waals surface area contributed by atoms with Crippen molar-refractivity contribution in [3.8, 4) is 0 Å². The van der Waals surface area contributed by atoms with Gasteiger partial charge in [0.15, 0.2) is 0 Å². The summed E-state index contributed by atoms with van der Waals surface area (Å²) in [4.78, 5) is 8.74. The number of aromatic nitrogens is 2. The second-order valence-corrected chi connectivity index (χ2v) is 5.70. The predicted octanol–water partition coefficient (Wildman–Crippen LogP) is 3.66. The van der Waals surface area contributed by atoms with Gasteiger partial charge in [-0.1, -0.05) is 19.8 Å². The summed E-state index contributed by atoms with van der Waals surface area (Å²) in [6.45, 7) is 4.05. The number of hydrogen-bond acceptors (Lipinski definition) is 4. The molecule has 4 nitrogen and oxygen atoms in total. The minimum absolute atomic E-state index is 0.703. The molecular formula is C13H21BrN4. The molecule has 2 rings (SSSR count). The summed E-state index contributed by atoms with van der Waals surface area (Å²) in [6.07, 6.45) is 8.32. The summed E-state index contributed by atoms with van der Waals surface area (Å²) >= 11 is 3.49. The van der Waals surface area contributed by atoms with E-state index in [0.29, 0.717) is 5.95 Å². The van der Waals surface area contributed by atoms with Gasteiger partial charge in [-0.25, -0.2) is 4.98 Å². The van der Waals surface area contributed by atoms with Gasteiger partial charge in [-0.3, -0.25) is 0 Å². The Morgan fingerprint density at radius 2 is 2.11 bits per heavy atom. The van der Waals surface area contributed by atoms with Gasteiger partial charge in [-0.05, 0) is 41.1 Å². The third-order valence-electron chi connectivity index (χ3n) is 3.31. The lowest BCUT2D eigenvalue weighted by atomic mass is 10.1. The molecule has 0 bridgehead atoms. The van der Waals surface area contributed by atoms with Gasteiger partial charge in [0.25, 0.3) is 0 Å². The average molecular weight is 313 g/mol. The van der Waals surface area contributed by atoms with Crippen LogP contribution in [0.15, 0.2) is 10.7 Å². The van der Waals surface area contributed by atoms with E-state index in [1.54, 1.807) is 0 Å². The Hall–Kier alpha value is -0.840. The van der Waals surface area contributed by atoms with Gasteiger partial charge in [0.2, 0.25) is 5.95 Å². The second-order valence-electron chi connectivity index (χ2n) is 4.85. The first-order valence-corrected chi connectivity index (χ1v) is 7.59. The molecule has 1 saturated carbocycles. The SMILES string of the molecule is CCCNc1ncc(Br)c(NCC2CCCC2)n1. The van der Waals surface area contributed by atoms with Crippen LogP contribution >= 0.6 is 15.9 Å². The monoisotopic (exact) mass is 312 g/mol. The summed E-state index contributed by atoms with van der Waals surface area (Å²) in [7, 11) is 0. The third-order valence-corrected chi connectivity index (χ3v) is 3.89. The molecular weight excluding hydrogens is 292 g/mol. The summed E-state index contributed by atoms with van der Waals surface area (Å²) in [5, 5.41) is 6.64. The number of nitrogens with zero attached hydrogens (tertiary/aromatic N) is 2. The first-order valence-electron chi connectivity index (χ1n) is 6.80. The van der Waals surface area contributed by atoms with Crippen LogP contribution in [0.3, 0.4) is 0 Å². The molecule has 0 saturated heterocycles. The van der Waals surface area contributed by atoms with Crippen LogP contribution in [0.2, 0.25) is 0 Å². The molecule has 0 radical (unpaired) electrons. The lowest BCUT2D eigenvalue weighted by Crippen LogP contribution is -2.13. The maximum absolute atomic E-state index is 4.49. The molecule has 2 N–H and O–H groups in total. The van der Waals surface area contributed by atoms with E-state index in [4.69, 9.17) is 0 Å². The first kappa shape index (κ1) is 13.6. The first-order chi connectivity index (χ1) is 8.79. The minimum atomic E-state index is 0.703. The summed E-state index contributed by atoms with van der Waals surface area (Å²) in [6, 6.07) is 0. The smallest absolute Gasteiger partial charge is 0.224 e. The normalized spacial score (nSPS) is 15.9. The molecule has 1 aliphatic rings. The van der Waals surface area contributed by atoms with E-state index in [-0.39, 0.29) is 0 Å². The number of halogens is 1. The molecule has 18 heavy (non-hydrogen) atoms. The van der Waals surface area contributed by atoms with Crippen LogP contribution in [0.1, 0.15) is 39.0 Å². The Kier molecular flexibility index (Phi) is 5.23. The molecule has 0 spiro atoms. The number of nitrogens with one attached hydrogen (secondary N) is 2. The van der Waals surface area contributed by atoms with Crippen molar-refractivity contribution in [3.05, 3.63) is 10.7 Å². The molecule has 1 aromatic rings. The van der Waals surface area contributed by atoms with Gasteiger partial charge < -0.3 is 10.6 Å². The second kappa shape index (κ2) is 6.92. The molecule has 100 valence electrons. The number of anilines is 2. The fourth-order valence-electron chi connectivity index (χ4n) is 2.27.